The molecule has 0 aliphatic carbocycles. The van der Waals surface area contributed by atoms with Crippen molar-refractivity contribution in [2.45, 2.75) is 12.8 Å². The standard InChI is InChI=1S/C10H11F2NOS/c11-7-3-4-8(12)9(6-7)14-5-1-2-10(13)15/h3-4,6H,1-2,5H2,(H2,13,15). The van der Waals surface area contributed by atoms with E-state index in [2.05, 4.69) is 12.2 Å². The van der Waals surface area contributed by atoms with Gasteiger partial charge in [-0.15, -0.1) is 0 Å². The van der Waals surface area contributed by atoms with E-state index in [0.717, 1.165) is 18.2 Å². The summed E-state index contributed by atoms with van der Waals surface area (Å²) < 4.78 is 30.7. The van der Waals surface area contributed by atoms with Gasteiger partial charge in [0.1, 0.15) is 5.82 Å². The van der Waals surface area contributed by atoms with E-state index in [-0.39, 0.29) is 12.4 Å². The first-order chi connectivity index (χ1) is 7.09. The van der Waals surface area contributed by atoms with Crippen molar-refractivity contribution in [1.29, 1.82) is 0 Å². The monoisotopic (exact) mass is 231 g/mol. The maximum absolute atomic E-state index is 13.0. The van der Waals surface area contributed by atoms with Crippen molar-refractivity contribution in [2.75, 3.05) is 6.61 Å². The van der Waals surface area contributed by atoms with Gasteiger partial charge in [0.2, 0.25) is 0 Å². The average Bonchev–Trinajstić information content (AvgIpc) is 2.17. The van der Waals surface area contributed by atoms with Gasteiger partial charge >= 0.3 is 0 Å². The Bertz CT molecular complexity index is 357. The van der Waals surface area contributed by atoms with Crippen LogP contribution in [0.15, 0.2) is 18.2 Å². The Morgan fingerprint density at radius 1 is 1.40 bits per heavy atom. The highest BCUT2D eigenvalue weighted by molar-refractivity contribution is 7.80. The number of ether oxygens (including phenoxy) is 1. The fraction of sp³-hybridized carbons (Fsp3) is 0.300. The zero-order valence-corrected chi connectivity index (χ0v) is 8.82. The Hall–Kier alpha value is -1.23. The third-order valence-corrected chi connectivity index (χ3v) is 1.92. The predicted octanol–water partition coefficient (Wildman–Crippen LogP) is 2.41. The Kier molecular flexibility index (Phi) is 4.42. The van der Waals surface area contributed by atoms with E-state index < -0.39 is 11.6 Å². The van der Waals surface area contributed by atoms with Crippen LogP contribution in [0.5, 0.6) is 5.75 Å². The van der Waals surface area contributed by atoms with E-state index in [1.54, 1.807) is 0 Å². The molecule has 0 heterocycles. The molecule has 0 bridgehead atoms. The summed E-state index contributed by atoms with van der Waals surface area (Å²) in [6.45, 7) is 0.262. The highest BCUT2D eigenvalue weighted by atomic mass is 32.1. The molecule has 0 aromatic heterocycles. The molecule has 2 nitrogen and oxygen atoms in total. The first-order valence-electron chi connectivity index (χ1n) is 4.46. The van der Waals surface area contributed by atoms with Gasteiger partial charge in [0.05, 0.1) is 11.6 Å². The van der Waals surface area contributed by atoms with Crippen molar-refractivity contribution < 1.29 is 13.5 Å². The van der Waals surface area contributed by atoms with Crippen LogP contribution in [-0.2, 0) is 0 Å². The lowest BCUT2D eigenvalue weighted by atomic mass is 10.3. The van der Waals surface area contributed by atoms with Crippen LogP contribution in [0, 0.1) is 11.6 Å². The van der Waals surface area contributed by atoms with Gasteiger partial charge in [0.25, 0.3) is 0 Å². The van der Waals surface area contributed by atoms with E-state index in [1.165, 1.54) is 0 Å². The molecular formula is C10H11F2NOS. The molecule has 0 amide bonds. The van der Waals surface area contributed by atoms with Gasteiger partial charge in [0, 0.05) is 12.5 Å². The summed E-state index contributed by atoms with van der Waals surface area (Å²) in [7, 11) is 0. The highest BCUT2D eigenvalue weighted by Gasteiger charge is 2.04. The molecule has 15 heavy (non-hydrogen) atoms. The molecule has 1 rings (SSSR count). The maximum Gasteiger partial charge on any atom is 0.165 e. The number of rotatable bonds is 5. The fourth-order valence-corrected chi connectivity index (χ4v) is 1.16. The predicted molar refractivity (Wildman–Crippen MR) is 57.9 cm³/mol. The minimum Gasteiger partial charge on any atom is -0.490 e. The van der Waals surface area contributed by atoms with Gasteiger partial charge in [-0.3, -0.25) is 0 Å². The SMILES string of the molecule is NC(=S)CCCOc1cc(F)ccc1F. The summed E-state index contributed by atoms with van der Waals surface area (Å²) in [6.07, 6.45) is 1.12. The van der Waals surface area contributed by atoms with E-state index in [4.69, 9.17) is 10.5 Å². The summed E-state index contributed by atoms with van der Waals surface area (Å²) >= 11 is 4.66. The molecule has 5 heteroatoms. The van der Waals surface area contributed by atoms with Gasteiger partial charge < -0.3 is 10.5 Å². The summed E-state index contributed by atoms with van der Waals surface area (Å²) in [6, 6.07) is 3.07. The Morgan fingerprint density at radius 2 is 2.13 bits per heavy atom. The third-order valence-electron chi connectivity index (χ3n) is 1.72. The second-order valence-corrected chi connectivity index (χ2v) is 3.52. The molecule has 0 radical (unpaired) electrons. The number of hydrogen-bond acceptors (Lipinski definition) is 2. The minimum absolute atomic E-state index is 0.0852. The molecule has 1 aromatic carbocycles. The number of hydrogen-bond donors (Lipinski definition) is 1. The lowest BCUT2D eigenvalue weighted by Crippen LogP contribution is -2.09. The van der Waals surface area contributed by atoms with Crippen LogP contribution in [0.3, 0.4) is 0 Å². The maximum atomic E-state index is 13.0. The first kappa shape index (κ1) is 11.8. The molecule has 2 N–H and O–H groups in total. The van der Waals surface area contributed by atoms with Crippen LogP contribution >= 0.6 is 12.2 Å². The van der Waals surface area contributed by atoms with E-state index >= 15 is 0 Å². The van der Waals surface area contributed by atoms with Gasteiger partial charge in [-0.25, -0.2) is 8.78 Å². The van der Waals surface area contributed by atoms with Gasteiger partial charge in [-0.05, 0) is 18.6 Å². The molecule has 0 atom stereocenters. The lowest BCUT2D eigenvalue weighted by molar-refractivity contribution is 0.296. The topological polar surface area (TPSA) is 35.2 Å². The second-order valence-electron chi connectivity index (χ2n) is 2.99. The molecule has 0 aliphatic heterocycles. The largest absolute Gasteiger partial charge is 0.490 e. The molecule has 0 spiro atoms. The van der Waals surface area contributed by atoms with E-state index in [0.29, 0.717) is 17.8 Å². The lowest BCUT2D eigenvalue weighted by Gasteiger charge is -2.06. The van der Waals surface area contributed by atoms with Crippen LogP contribution in [0.2, 0.25) is 0 Å². The van der Waals surface area contributed by atoms with Crippen LogP contribution in [0.25, 0.3) is 0 Å². The molecule has 82 valence electrons. The molecule has 0 unspecified atom stereocenters. The van der Waals surface area contributed by atoms with E-state index in [9.17, 15) is 8.78 Å². The van der Waals surface area contributed by atoms with Crippen LogP contribution < -0.4 is 10.5 Å². The molecule has 0 fully saturated rings. The summed E-state index contributed by atoms with van der Waals surface area (Å²) in [5, 5.41) is 0. The molecule has 1 aromatic rings. The van der Waals surface area contributed by atoms with Crippen LogP contribution in [0.4, 0.5) is 8.78 Å². The summed E-state index contributed by atoms with van der Waals surface area (Å²) in [5.74, 6) is -1.19. The Morgan fingerprint density at radius 3 is 2.80 bits per heavy atom. The van der Waals surface area contributed by atoms with Crippen molar-refractivity contribution in [1.82, 2.24) is 0 Å². The van der Waals surface area contributed by atoms with Crippen LogP contribution in [0.1, 0.15) is 12.8 Å². The van der Waals surface area contributed by atoms with E-state index in [1.807, 2.05) is 0 Å². The van der Waals surface area contributed by atoms with Crippen molar-refractivity contribution in [3.05, 3.63) is 29.8 Å². The second kappa shape index (κ2) is 5.60. The highest BCUT2D eigenvalue weighted by Crippen LogP contribution is 2.18. The molecule has 0 aliphatic rings. The number of halogens is 2. The zero-order chi connectivity index (χ0) is 11.3. The van der Waals surface area contributed by atoms with Crippen molar-refractivity contribution in [3.63, 3.8) is 0 Å². The normalized spacial score (nSPS) is 10.0. The minimum atomic E-state index is -0.577. The summed E-state index contributed by atoms with van der Waals surface area (Å²) in [5.41, 5.74) is 5.27. The van der Waals surface area contributed by atoms with Crippen molar-refractivity contribution in [2.24, 2.45) is 5.73 Å². The molecular weight excluding hydrogens is 220 g/mol. The van der Waals surface area contributed by atoms with Crippen molar-refractivity contribution in [3.8, 4) is 5.75 Å². The van der Waals surface area contributed by atoms with Crippen molar-refractivity contribution >= 4 is 17.2 Å². The summed E-state index contributed by atoms with van der Waals surface area (Å²) in [4.78, 5) is 0.387. The molecule has 0 saturated heterocycles. The smallest absolute Gasteiger partial charge is 0.165 e. The van der Waals surface area contributed by atoms with Gasteiger partial charge in [0.15, 0.2) is 11.6 Å². The van der Waals surface area contributed by atoms with Gasteiger partial charge in [-0.2, -0.15) is 0 Å². The first-order valence-corrected chi connectivity index (χ1v) is 4.86. The number of nitrogens with two attached hydrogens (primary N) is 1. The van der Waals surface area contributed by atoms with Gasteiger partial charge in [-0.1, -0.05) is 12.2 Å². The fourth-order valence-electron chi connectivity index (χ4n) is 1.02. The zero-order valence-electron chi connectivity index (χ0n) is 8.00. The number of thiocarbonyl (C=S) groups is 1. The third kappa shape index (κ3) is 4.20. The quantitative estimate of drug-likeness (QED) is 0.624. The number of benzene rings is 1. The molecule has 0 saturated carbocycles. The Balaban J connectivity index is 2.43. The Labute approximate surface area is 92.0 Å². The van der Waals surface area contributed by atoms with Crippen LogP contribution in [-0.4, -0.2) is 11.6 Å². The average molecular weight is 231 g/mol.